The fourth-order valence-electron chi connectivity index (χ4n) is 1.46. The molecule has 0 aromatic heterocycles. The van der Waals surface area contributed by atoms with Gasteiger partial charge in [-0.1, -0.05) is 6.92 Å². The van der Waals surface area contributed by atoms with Gasteiger partial charge in [-0.05, 0) is 44.5 Å². The zero-order valence-corrected chi connectivity index (χ0v) is 12.4. The summed E-state index contributed by atoms with van der Waals surface area (Å²) < 4.78 is 9.96. The standard InChI is InChI=1S/C15H21NO4/c1-5-15(2,3)16-13(17)10-20-12-8-6-11(7-9-12)14(18)19-4/h6-9H,5,10H2,1-4H3,(H,16,17). The minimum absolute atomic E-state index is 0.0546. The van der Waals surface area contributed by atoms with Crippen LogP contribution in [-0.4, -0.2) is 31.1 Å². The molecule has 0 unspecified atom stereocenters. The number of carbonyl (C=O) groups is 2. The molecule has 0 radical (unpaired) electrons. The van der Waals surface area contributed by atoms with E-state index < -0.39 is 5.97 Å². The zero-order chi connectivity index (χ0) is 15.2. The number of methoxy groups -OCH3 is 1. The van der Waals surface area contributed by atoms with Gasteiger partial charge in [0.25, 0.3) is 5.91 Å². The Kier molecular flexibility index (Phi) is 5.55. The minimum Gasteiger partial charge on any atom is -0.484 e. The van der Waals surface area contributed by atoms with Crippen LogP contribution < -0.4 is 10.1 Å². The summed E-state index contributed by atoms with van der Waals surface area (Å²) in [5, 5.41) is 2.88. The summed E-state index contributed by atoms with van der Waals surface area (Å²) in [6.45, 7) is 5.86. The maximum atomic E-state index is 11.7. The third-order valence-corrected chi connectivity index (χ3v) is 3.01. The Morgan fingerprint density at radius 1 is 1.20 bits per heavy atom. The van der Waals surface area contributed by atoms with Gasteiger partial charge in [0.05, 0.1) is 12.7 Å². The highest BCUT2D eigenvalue weighted by Crippen LogP contribution is 2.13. The van der Waals surface area contributed by atoms with Crippen molar-refractivity contribution in [2.45, 2.75) is 32.7 Å². The smallest absolute Gasteiger partial charge is 0.337 e. The maximum Gasteiger partial charge on any atom is 0.337 e. The predicted octanol–water partition coefficient (Wildman–Crippen LogP) is 2.16. The zero-order valence-electron chi connectivity index (χ0n) is 12.4. The van der Waals surface area contributed by atoms with Crippen LogP contribution in [0.15, 0.2) is 24.3 Å². The SMILES string of the molecule is CCC(C)(C)NC(=O)COc1ccc(C(=O)OC)cc1. The number of carbonyl (C=O) groups excluding carboxylic acids is 2. The summed E-state index contributed by atoms with van der Waals surface area (Å²) in [4.78, 5) is 23.0. The molecule has 0 fully saturated rings. The van der Waals surface area contributed by atoms with Crippen LogP contribution >= 0.6 is 0 Å². The van der Waals surface area contributed by atoms with Gasteiger partial charge in [-0.2, -0.15) is 0 Å². The topological polar surface area (TPSA) is 64.6 Å². The second-order valence-corrected chi connectivity index (χ2v) is 5.09. The lowest BCUT2D eigenvalue weighted by Gasteiger charge is -2.24. The van der Waals surface area contributed by atoms with E-state index in [-0.39, 0.29) is 18.1 Å². The molecule has 20 heavy (non-hydrogen) atoms. The van der Waals surface area contributed by atoms with Crippen LogP contribution in [0, 0.1) is 0 Å². The first-order chi connectivity index (χ1) is 9.38. The van der Waals surface area contributed by atoms with Crippen LogP contribution in [-0.2, 0) is 9.53 Å². The van der Waals surface area contributed by atoms with Gasteiger partial charge in [0, 0.05) is 5.54 Å². The normalized spacial score (nSPS) is 10.8. The number of hydrogen-bond acceptors (Lipinski definition) is 4. The van der Waals surface area contributed by atoms with Crippen LogP contribution in [0.5, 0.6) is 5.75 Å². The van der Waals surface area contributed by atoms with Gasteiger partial charge < -0.3 is 14.8 Å². The van der Waals surface area contributed by atoms with Crippen LogP contribution in [0.1, 0.15) is 37.6 Å². The Morgan fingerprint density at radius 2 is 1.80 bits per heavy atom. The number of esters is 1. The van der Waals surface area contributed by atoms with Crippen molar-refractivity contribution in [2.24, 2.45) is 0 Å². The van der Waals surface area contributed by atoms with Crippen molar-refractivity contribution < 1.29 is 19.1 Å². The van der Waals surface area contributed by atoms with E-state index in [0.29, 0.717) is 11.3 Å². The molecular weight excluding hydrogens is 258 g/mol. The van der Waals surface area contributed by atoms with E-state index in [1.54, 1.807) is 24.3 Å². The average Bonchev–Trinajstić information content (AvgIpc) is 2.44. The summed E-state index contributed by atoms with van der Waals surface area (Å²) >= 11 is 0. The fraction of sp³-hybridized carbons (Fsp3) is 0.467. The maximum absolute atomic E-state index is 11.7. The quantitative estimate of drug-likeness (QED) is 0.810. The lowest BCUT2D eigenvalue weighted by atomic mass is 10.0. The summed E-state index contributed by atoms with van der Waals surface area (Å²) in [5.74, 6) is -0.0463. The van der Waals surface area contributed by atoms with E-state index in [0.717, 1.165) is 6.42 Å². The predicted molar refractivity (Wildman–Crippen MR) is 75.8 cm³/mol. The molecule has 1 amide bonds. The Balaban J connectivity index is 2.50. The molecule has 1 aromatic rings. The van der Waals surface area contributed by atoms with Gasteiger partial charge in [0.1, 0.15) is 5.75 Å². The van der Waals surface area contributed by atoms with Gasteiger partial charge in [0.15, 0.2) is 6.61 Å². The van der Waals surface area contributed by atoms with E-state index in [9.17, 15) is 9.59 Å². The van der Waals surface area contributed by atoms with E-state index in [2.05, 4.69) is 10.1 Å². The molecule has 0 heterocycles. The average molecular weight is 279 g/mol. The van der Waals surface area contributed by atoms with Crippen molar-refractivity contribution in [1.29, 1.82) is 0 Å². The van der Waals surface area contributed by atoms with Crippen molar-refractivity contribution >= 4 is 11.9 Å². The molecule has 0 bridgehead atoms. The Morgan fingerprint density at radius 3 is 2.30 bits per heavy atom. The van der Waals surface area contributed by atoms with Gasteiger partial charge in [-0.25, -0.2) is 4.79 Å². The summed E-state index contributed by atoms with van der Waals surface area (Å²) in [6, 6.07) is 6.44. The third-order valence-electron chi connectivity index (χ3n) is 3.01. The second kappa shape index (κ2) is 6.93. The first-order valence-electron chi connectivity index (χ1n) is 6.50. The van der Waals surface area contributed by atoms with Crippen molar-refractivity contribution in [3.05, 3.63) is 29.8 Å². The van der Waals surface area contributed by atoms with Gasteiger partial charge in [-0.15, -0.1) is 0 Å². The minimum atomic E-state index is -0.404. The van der Waals surface area contributed by atoms with Crippen LogP contribution in [0.25, 0.3) is 0 Å². The molecule has 0 atom stereocenters. The number of ether oxygens (including phenoxy) is 2. The second-order valence-electron chi connectivity index (χ2n) is 5.09. The van der Waals surface area contributed by atoms with Gasteiger partial charge >= 0.3 is 5.97 Å². The molecule has 5 nitrogen and oxygen atoms in total. The molecule has 1 rings (SSSR count). The highest BCUT2D eigenvalue weighted by Gasteiger charge is 2.17. The highest BCUT2D eigenvalue weighted by atomic mass is 16.5. The highest BCUT2D eigenvalue weighted by molar-refractivity contribution is 5.89. The molecule has 110 valence electrons. The monoisotopic (exact) mass is 279 g/mol. The first-order valence-corrected chi connectivity index (χ1v) is 6.50. The summed E-state index contributed by atoms with van der Waals surface area (Å²) in [7, 11) is 1.33. The first kappa shape index (κ1) is 16.0. The van der Waals surface area contributed by atoms with E-state index in [1.807, 2.05) is 20.8 Å². The lowest BCUT2D eigenvalue weighted by Crippen LogP contribution is -2.44. The molecule has 1 aromatic carbocycles. The number of rotatable bonds is 6. The van der Waals surface area contributed by atoms with Crippen LogP contribution in [0.3, 0.4) is 0 Å². The molecule has 1 N–H and O–H groups in total. The van der Waals surface area contributed by atoms with E-state index >= 15 is 0 Å². The molecule has 0 aliphatic rings. The van der Waals surface area contributed by atoms with Crippen LogP contribution in [0.4, 0.5) is 0 Å². The molecular formula is C15H21NO4. The number of hydrogen-bond donors (Lipinski definition) is 1. The van der Waals surface area contributed by atoms with Crippen molar-refractivity contribution in [3.8, 4) is 5.75 Å². The summed E-state index contributed by atoms with van der Waals surface area (Å²) in [6.07, 6.45) is 0.840. The van der Waals surface area contributed by atoms with Gasteiger partial charge in [0.2, 0.25) is 0 Å². The number of nitrogens with one attached hydrogen (secondary N) is 1. The van der Waals surface area contributed by atoms with E-state index in [1.165, 1.54) is 7.11 Å². The number of amides is 1. The van der Waals surface area contributed by atoms with E-state index in [4.69, 9.17) is 4.74 Å². The molecule has 0 aliphatic heterocycles. The Labute approximate surface area is 119 Å². The van der Waals surface area contributed by atoms with Crippen molar-refractivity contribution in [1.82, 2.24) is 5.32 Å². The molecule has 5 heteroatoms. The Hall–Kier alpha value is -2.04. The van der Waals surface area contributed by atoms with Gasteiger partial charge in [-0.3, -0.25) is 4.79 Å². The summed E-state index contributed by atoms with van der Waals surface area (Å²) in [5.41, 5.74) is 0.200. The fourth-order valence-corrected chi connectivity index (χ4v) is 1.46. The van der Waals surface area contributed by atoms with Crippen LogP contribution in [0.2, 0.25) is 0 Å². The van der Waals surface area contributed by atoms with Crippen molar-refractivity contribution in [2.75, 3.05) is 13.7 Å². The lowest BCUT2D eigenvalue weighted by molar-refractivity contribution is -0.124. The molecule has 0 saturated carbocycles. The van der Waals surface area contributed by atoms with Crippen molar-refractivity contribution in [3.63, 3.8) is 0 Å². The molecule has 0 aliphatic carbocycles. The number of benzene rings is 1. The Bertz CT molecular complexity index is 465. The third kappa shape index (κ3) is 4.91. The largest absolute Gasteiger partial charge is 0.484 e. The molecule has 0 saturated heterocycles. The molecule has 0 spiro atoms.